The van der Waals surface area contributed by atoms with E-state index in [9.17, 15) is 8.42 Å². The van der Waals surface area contributed by atoms with Gasteiger partial charge in [0.1, 0.15) is 0 Å². The Morgan fingerprint density at radius 1 is 1.35 bits per heavy atom. The Balaban J connectivity index is 2.04. The van der Waals surface area contributed by atoms with E-state index in [1.165, 1.54) is 0 Å². The van der Waals surface area contributed by atoms with Crippen LogP contribution in [-0.4, -0.2) is 69.2 Å². The van der Waals surface area contributed by atoms with Gasteiger partial charge in [-0.25, -0.2) is 12.7 Å². The molecule has 6 heteroatoms. The molecule has 0 bridgehead atoms. The van der Waals surface area contributed by atoms with Gasteiger partial charge in [-0.3, -0.25) is 0 Å². The van der Waals surface area contributed by atoms with E-state index in [0.717, 1.165) is 38.9 Å². The number of nitrogens with zero attached hydrogens (tertiary/aromatic N) is 2. The first-order valence-corrected chi connectivity index (χ1v) is 7.88. The molecular formula is C11H23N3O2S. The molecule has 0 spiro atoms. The van der Waals surface area contributed by atoms with E-state index in [0.29, 0.717) is 6.54 Å². The summed E-state index contributed by atoms with van der Waals surface area (Å²) < 4.78 is 26.4. The first kappa shape index (κ1) is 13.3. The lowest BCUT2D eigenvalue weighted by Gasteiger charge is -2.36. The number of rotatable bonds is 3. The first-order chi connectivity index (χ1) is 8.01. The van der Waals surface area contributed by atoms with Crippen molar-refractivity contribution < 1.29 is 8.42 Å². The van der Waals surface area contributed by atoms with Gasteiger partial charge < -0.3 is 10.2 Å². The standard InChI is InChI=1S/C11H23N3O2S/c1-13-7-3-4-10(9-13)14(2)17(15,16)11-5-6-12-8-11/h10-12H,3-9H2,1-2H3. The van der Waals surface area contributed by atoms with Crippen molar-refractivity contribution in [2.24, 2.45) is 0 Å². The van der Waals surface area contributed by atoms with Crippen LogP contribution in [0.15, 0.2) is 0 Å². The molecule has 0 aromatic carbocycles. The number of sulfonamides is 1. The summed E-state index contributed by atoms with van der Waals surface area (Å²) in [6, 6.07) is 0.152. The molecule has 0 radical (unpaired) electrons. The fourth-order valence-electron chi connectivity index (χ4n) is 2.76. The fourth-order valence-corrected chi connectivity index (χ4v) is 4.56. The number of likely N-dealkylation sites (tertiary alicyclic amines) is 1. The Morgan fingerprint density at radius 2 is 2.12 bits per heavy atom. The fraction of sp³-hybridized carbons (Fsp3) is 1.00. The molecule has 0 amide bonds. The highest BCUT2D eigenvalue weighted by molar-refractivity contribution is 7.89. The third kappa shape index (κ3) is 2.81. The van der Waals surface area contributed by atoms with Crippen LogP contribution >= 0.6 is 0 Å². The third-order valence-corrected chi connectivity index (χ3v) is 6.30. The lowest BCUT2D eigenvalue weighted by Crippen LogP contribution is -2.50. The summed E-state index contributed by atoms with van der Waals surface area (Å²) >= 11 is 0. The van der Waals surface area contributed by atoms with Crippen LogP contribution in [-0.2, 0) is 10.0 Å². The molecule has 2 unspecified atom stereocenters. The Labute approximate surface area is 104 Å². The number of nitrogens with one attached hydrogen (secondary N) is 1. The molecule has 100 valence electrons. The second-order valence-corrected chi connectivity index (χ2v) is 7.51. The van der Waals surface area contributed by atoms with E-state index in [1.807, 2.05) is 0 Å². The minimum absolute atomic E-state index is 0.152. The molecule has 0 aliphatic carbocycles. The van der Waals surface area contributed by atoms with Gasteiger partial charge in [0.25, 0.3) is 0 Å². The molecule has 2 aliphatic heterocycles. The summed E-state index contributed by atoms with van der Waals surface area (Å²) in [7, 11) is 0.689. The number of piperidine rings is 1. The van der Waals surface area contributed by atoms with Gasteiger partial charge in [0.2, 0.25) is 10.0 Å². The zero-order valence-electron chi connectivity index (χ0n) is 10.7. The van der Waals surface area contributed by atoms with Crippen LogP contribution < -0.4 is 5.32 Å². The summed E-state index contributed by atoms with van der Waals surface area (Å²) in [5, 5.41) is 2.91. The molecule has 17 heavy (non-hydrogen) atoms. The van der Waals surface area contributed by atoms with Crippen LogP contribution in [0, 0.1) is 0 Å². The Bertz CT molecular complexity index is 352. The zero-order valence-corrected chi connectivity index (χ0v) is 11.5. The van der Waals surface area contributed by atoms with Crippen molar-refractivity contribution in [3.63, 3.8) is 0 Å². The largest absolute Gasteiger partial charge is 0.315 e. The van der Waals surface area contributed by atoms with Crippen LogP contribution in [0.1, 0.15) is 19.3 Å². The average molecular weight is 261 g/mol. The van der Waals surface area contributed by atoms with E-state index in [-0.39, 0.29) is 11.3 Å². The van der Waals surface area contributed by atoms with Gasteiger partial charge in [0, 0.05) is 26.2 Å². The summed E-state index contributed by atoms with van der Waals surface area (Å²) in [6.07, 6.45) is 2.82. The Morgan fingerprint density at radius 3 is 2.71 bits per heavy atom. The topological polar surface area (TPSA) is 52.7 Å². The molecule has 2 saturated heterocycles. The number of hydrogen-bond donors (Lipinski definition) is 1. The highest BCUT2D eigenvalue weighted by Gasteiger charge is 2.36. The van der Waals surface area contributed by atoms with Crippen molar-refractivity contribution in [2.75, 3.05) is 40.3 Å². The van der Waals surface area contributed by atoms with Crippen LogP contribution in [0.3, 0.4) is 0 Å². The molecule has 5 nitrogen and oxygen atoms in total. The quantitative estimate of drug-likeness (QED) is 0.758. The molecule has 1 N–H and O–H groups in total. The van der Waals surface area contributed by atoms with Crippen molar-refractivity contribution in [3.05, 3.63) is 0 Å². The summed E-state index contributed by atoms with van der Waals surface area (Å²) in [4.78, 5) is 2.22. The van der Waals surface area contributed by atoms with Gasteiger partial charge in [-0.05, 0) is 39.4 Å². The molecule has 2 heterocycles. The minimum Gasteiger partial charge on any atom is -0.315 e. The monoisotopic (exact) mass is 261 g/mol. The van der Waals surface area contributed by atoms with E-state index in [2.05, 4.69) is 17.3 Å². The molecule has 0 saturated carbocycles. The molecule has 2 rings (SSSR count). The van der Waals surface area contributed by atoms with Crippen molar-refractivity contribution in [2.45, 2.75) is 30.6 Å². The van der Waals surface area contributed by atoms with E-state index >= 15 is 0 Å². The van der Waals surface area contributed by atoms with Crippen LogP contribution in [0.5, 0.6) is 0 Å². The molecule has 0 aromatic heterocycles. The van der Waals surface area contributed by atoms with E-state index < -0.39 is 10.0 Å². The smallest absolute Gasteiger partial charge is 0.218 e. The van der Waals surface area contributed by atoms with E-state index in [1.54, 1.807) is 11.4 Å². The minimum atomic E-state index is -3.12. The lowest BCUT2D eigenvalue weighted by atomic mass is 10.1. The third-order valence-electron chi connectivity index (χ3n) is 3.95. The second kappa shape index (κ2) is 5.22. The molecule has 0 aromatic rings. The first-order valence-electron chi connectivity index (χ1n) is 6.38. The van der Waals surface area contributed by atoms with Crippen LogP contribution in [0.4, 0.5) is 0 Å². The van der Waals surface area contributed by atoms with Gasteiger partial charge in [0.15, 0.2) is 0 Å². The summed E-state index contributed by atoms with van der Waals surface area (Å²) in [5.41, 5.74) is 0. The highest BCUT2D eigenvalue weighted by atomic mass is 32.2. The maximum Gasteiger partial charge on any atom is 0.218 e. The Kier molecular flexibility index (Phi) is 4.07. The molecule has 2 atom stereocenters. The molecule has 2 aliphatic rings. The van der Waals surface area contributed by atoms with Gasteiger partial charge in [0.05, 0.1) is 5.25 Å². The predicted octanol–water partition coefficient (Wildman–Crippen LogP) is -0.296. The van der Waals surface area contributed by atoms with Gasteiger partial charge >= 0.3 is 0 Å². The van der Waals surface area contributed by atoms with Gasteiger partial charge in [-0.2, -0.15) is 0 Å². The molecular weight excluding hydrogens is 238 g/mol. The zero-order chi connectivity index (χ0) is 12.5. The number of likely N-dealkylation sites (N-methyl/N-ethyl adjacent to an activating group) is 2. The molecule has 2 fully saturated rings. The predicted molar refractivity (Wildman–Crippen MR) is 68.5 cm³/mol. The van der Waals surface area contributed by atoms with Gasteiger partial charge in [-0.15, -0.1) is 0 Å². The number of hydrogen-bond acceptors (Lipinski definition) is 4. The van der Waals surface area contributed by atoms with Gasteiger partial charge in [-0.1, -0.05) is 0 Å². The summed E-state index contributed by atoms with van der Waals surface area (Å²) in [6.45, 7) is 3.36. The van der Waals surface area contributed by atoms with Crippen LogP contribution in [0.25, 0.3) is 0 Å². The van der Waals surface area contributed by atoms with Crippen molar-refractivity contribution in [1.29, 1.82) is 0 Å². The van der Waals surface area contributed by atoms with Crippen molar-refractivity contribution in [1.82, 2.24) is 14.5 Å². The SMILES string of the molecule is CN1CCCC(N(C)S(=O)(=O)C2CCNC2)C1. The maximum atomic E-state index is 12.4. The Hall–Kier alpha value is -0.170. The second-order valence-electron chi connectivity index (χ2n) is 5.23. The lowest BCUT2D eigenvalue weighted by molar-refractivity contribution is 0.187. The van der Waals surface area contributed by atoms with Crippen molar-refractivity contribution in [3.8, 4) is 0 Å². The normalized spacial score (nSPS) is 32.2. The maximum absolute atomic E-state index is 12.4. The average Bonchev–Trinajstić information content (AvgIpc) is 2.82. The summed E-state index contributed by atoms with van der Waals surface area (Å²) in [5.74, 6) is 0. The van der Waals surface area contributed by atoms with Crippen molar-refractivity contribution >= 4 is 10.0 Å². The van der Waals surface area contributed by atoms with Crippen LogP contribution in [0.2, 0.25) is 0 Å². The van der Waals surface area contributed by atoms with E-state index in [4.69, 9.17) is 0 Å². The highest BCUT2D eigenvalue weighted by Crippen LogP contribution is 2.21.